The van der Waals surface area contributed by atoms with Gasteiger partial charge in [-0.15, -0.1) is 11.8 Å². The average molecular weight is 479 g/mol. The molecule has 30 heavy (non-hydrogen) atoms. The molecule has 158 valence electrons. The zero-order valence-corrected chi connectivity index (χ0v) is 19.8. The van der Waals surface area contributed by atoms with Crippen molar-refractivity contribution in [1.82, 2.24) is 0 Å². The molecule has 0 saturated carbocycles. The number of aliphatic hydroxyl groups is 1. The van der Waals surface area contributed by atoms with Crippen molar-refractivity contribution in [3.8, 4) is 0 Å². The lowest BCUT2D eigenvalue weighted by Gasteiger charge is -2.24. The van der Waals surface area contributed by atoms with Crippen LogP contribution in [-0.4, -0.2) is 29.0 Å². The number of aryl methyl sites for hydroxylation is 2. The van der Waals surface area contributed by atoms with Gasteiger partial charge in [0.05, 0.1) is 0 Å². The van der Waals surface area contributed by atoms with Crippen molar-refractivity contribution in [2.75, 3.05) is 18.1 Å². The highest BCUT2D eigenvalue weighted by atomic mass is 35.5. The highest BCUT2D eigenvalue weighted by molar-refractivity contribution is 7.99. The minimum absolute atomic E-state index is 0.419. The monoisotopic (exact) mass is 478 g/mol. The van der Waals surface area contributed by atoms with Crippen LogP contribution in [0, 0.1) is 0 Å². The molecule has 0 saturated heterocycles. The molecule has 0 heterocycles. The molecule has 3 rings (SSSR count). The Morgan fingerprint density at radius 1 is 0.767 bits per heavy atom. The highest BCUT2D eigenvalue weighted by Crippen LogP contribution is 2.52. The van der Waals surface area contributed by atoms with E-state index in [2.05, 4.69) is 0 Å². The van der Waals surface area contributed by atoms with Crippen molar-refractivity contribution in [3.05, 3.63) is 100 Å². The Balaban J connectivity index is 1.69. The van der Waals surface area contributed by atoms with Crippen LogP contribution in [0.15, 0.2) is 83.8 Å². The Bertz CT molecular complexity index is 909. The van der Waals surface area contributed by atoms with Crippen LogP contribution in [0.4, 0.5) is 0 Å². The van der Waals surface area contributed by atoms with Gasteiger partial charge in [-0.3, -0.25) is 0 Å². The molecule has 0 radical (unpaired) electrons. The lowest BCUT2D eigenvalue weighted by Crippen LogP contribution is -2.18. The summed E-state index contributed by atoms with van der Waals surface area (Å²) in [6, 6.07) is 25.1. The SMILES string of the molecule is O=P(CCc1ccc(Cl)cc1)(CCc1ccc(Cl)cc1)C(O)CSc1ccccc1. The Hall–Kier alpha value is -1.22. The van der Waals surface area contributed by atoms with E-state index in [1.165, 1.54) is 0 Å². The molecule has 1 unspecified atom stereocenters. The molecule has 0 aliphatic rings. The van der Waals surface area contributed by atoms with Crippen molar-refractivity contribution >= 4 is 42.1 Å². The maximum Gasteiger partial charge on any atom is 0.116 e. The van der Waals surface area contributed by atoms with Crippen LogP contribution in [0.5, 0.6) is 0 Å². The van der Waals surface area contributed by atoms with Crippen LogP contribution >= 0.6 is 42.1 Å². The first kappa shape index (κ1) is 23.4. The quantitative estimate of drug-likeness (QED) is 0.246. The van der Waals surface area contributed by atoms with E-state index in [1.807, 2.05) is 78.9 Å². The molecule has 0 spiro atoms. The third-order valence-corrected chi connectivity index (χ3v) is 10.1. The predicted octanol–water partition coefficient (Wildman–Crippen LogP) is 7.25. The molecule has 3 aromatic rings. The van der Waals surface area contributed by atoms with Crippen molar-refractivity contribution in [2.24, 2.45) is 0 Å². The van der Waals surface area contributed by atoms with Crippen LogP contribution in [0.25, 0.3) is 0 Å². The fourth-order valence-corrected chi connectivity index (χ4v) is 7.52. The standard InChI is InChI=1S/C24H25Cl2O2PS/c25-21-10-6-19(7-11-21)14-16-29(28,17-15-20-8-12-22(26)13-9-20)24(27)18-30-23-4-2-1-3-5-23/h1-13,24,27H,14-18H2. The van der Waals surface area contributed by atoms with E-state index in [9.17, 15) is 9.67 Å². The minimum atomic E-state index is -2.83. The summed E-state index contributed by atoms with van der Waals surface area (Å²) in [5, 5.41) is 12.3. The van der Waals surface area contributed by atoms with E-state index < -0.39 is 13.0 Å². The molecule has 0 aliphatic heterocycles. The molecule has 2 nitrogen and oxygen atoms in total. The summed E-state index contributed by atoms with van der Waals surface area (Å²) in [4.78, 5) is 1.07. The maximum atomic E-state index is 13.9. The number of thioether (sulfide) groups is 1. The van der Waals surface area contributed by atoms with Crippen molar-refractivity contribution < 1.29 is 9.67 Å². The smallest absolute Gasteiger partial charge is 0.116 e. The van der Waals surface area contributed by atoms with E-state index in [-0.39, 0.29) is 0 Å². The summed E-state index contributed by atoms with van der Waals surface area (Å²) in [7, 11) is -2.83. The number of aliphatic hydroxyl groups excluding tert-OH is 1. The van der Waals surface area contributed by atoms with Crippen LogP contribution in [0.3, 0.4) is 0 Å². The van der Waals surface area contributed by atoms with Crippen LogP contribution < -0.4 is 0 Å². The van der Waals surface area contributed by atoms with Gasteiger partial charge in [-0.05, 0) is 60.4 Å². The summed E-state index contributed by atoms with van der Waals surface area (Å²) in [6.45, 7) is 0. The second-order valence-electron chi connectivity index (χ2n) is 7.26. The van der Waals surface area contributed by atoms with Gasteiger partial charge in [0, 0.05) is 33.0 Å². The van der Waals surface area contributed by atoms with Crippen LogP contribution in [0.2, 0.25) is 10.0 Å². The first-order valence-corrected chi connectivity index (χ1v) is 13.8. The molecular formula is C24H25Cl2O2PS. The summed E-state index contributed by atoms with van der Waals surface area (Å²) in [5.41, 5.74) is 2.16. The van der Waals surface area contributed by atoms with Crippen LogP contribution in [0.1, 0.15) is 11.1 Å². The van der Waals surface area contributed by atoms with Gasteiger partial charge in [0.15, 0.2) is 0 Å². The van der Waals surface area contributed by atoms with Gasteiger partial charge in [-0.1, -0.05) is 65.7 Å². The Morgan fingerprint density at radius 2 is 1.23 bits per heavy atom. The predicted molar refractivity (Wildman–Crippen MR) is 131 cm³/mol. The van der Waals surface area contributed by atoms with E-state index in [0.717, 1.165) is 16.0 Å². The normalized spacial score (nSPS) is 12.6. The summed E-state index contributed by atoms with van der Waals surface area (Å²) >= 11 is 13.5. The number of hydrogen-bond acceptors (Lipinski definition) is 3. The van der Waals surface area contributed by atoms with Gasteiger partial charge in [-0.25, -0.2) is 0 Å². The molecule has 0 fully saturated rings. The first-order valence-electron chi connectivity index (χ1n) is 9.87. The Kier molecular flexibility index (Phi) is 8.92. The largest absolute Gasteiger partial charge is 0.385 e. The molecular weight excluding hydrogens is 454 g/mol. The molecule has 0 bridgehead atoms. The third kappa shape index (κ3) is 7.18. The van der Waals surface area contributed by atoms with Gasteiger partial charge in [0.25, 0.3) is 0 Å². The topological polar surface area (TPSA) is 37.3 Å². The van der Waals surface area contributed by atoms with Gasteiger partial charge in [-0.2, -0.15) is 0 Å². The summed E-state index contributed by atoms with van der Waals surface area (Å²) in [6.07, 6.45) is 2.25. The van der Waals surface area contributed by atoms with E-state index in [4.69, 9.17) is 23.2 Å². The van der Waals surface area contributed by atoms with Gasteiger partial charge in [0.2, 0.25) is 0 Å². The summed E-state index contributed by atoms with van der Waals surface area (Å²) < 4.78 is 13.9. The van der Waals surface area contributed by atoms with E-state index in [1.54, 1.807) is 11.8 Å². The van der Waals surface area contributed by atoms with E-state index >= 15 is 0 Å². The van der Waals surface area contributed by atoms with Gasteiger partial charge in [0.1, 0.15) is 13.0 Å². The highest BCUT2D eigenvalue weighted by Gasteiger charge is 2.31. The lowest BCUT2D eigenvalue weighted by atomic mass is 10.2. The fraction of sp³-hybridized carbons (Fsp3) is 0.250. The molecule has 1 N–H and O–H groups in total. The number of hydrogen-bond donors (Lipinski definition) is 1. The average Bonchev–Trinajstić information content (AvgIpc) is 2.77. The number of halogens is 2. The third-order valence-electron chi connectivity index (χ3n) is 5.07. The molecule has 0 aliphatic carbocycles. The molecule has 1 atom stereocenters. The number of rotatable bonds is 10. The molecule has 3 aromatic carbocycles. The Morgan fingerprint density at radius 3 is 1.70 bits per heavy atom. The molecule has 6 heteroatoms. The van der Waals surface area contributed by atoms with Gasteiger partial charge >= 0.3 is 0 Å². The zero-order valence-electron chi connectivity index (χ0n) is 16.6. The molecule has 0 amide bonds. The Labute approximate surface area is 193 Å². The first-order chi connectivity index (χ1) is 14.4. The van der Waals surface area contributed by atoms with Crippen molar-refractivity contribution in [1.29, 1.82) is 0 Å². The maximum absolute atomic E-state index is 13.9. The fourth-order valence-electron chi connectivity index (χ4n) is 3.17. The van der Waals surface area contributed by atoms with E-state index in [0.29, 0.717) is 41.0 Å². The van der Waals surface area contributed by atoms with Crippen molar-refractivity contribution in [3.63, 3.8) is 0 Å². The second-order valence-corrected chi connectivity index (χ2v) is 12.6. The number of benzene rings is 3. The van der Waals surface area contributed by atoms with Crippen molar-refractivity contribution in [2.45, 2.75) is 23.6 Å². The minimum Gasteiger partial charge on any atom is -0.385 e. The zero-order chi connectivity index (χ0) is 21.4. The second kappa shape index (κ2) is 11.4. The summed E-state index contributed by atoms with van der Waals surface area (Å²) in [5.74, 6) is -0.426. The lowest BCUT2D eigenvalue weighted by molar-refractivity contribution is 0.271. The van der Waals surface area contributed by atoms with Crippen LogP contribution in [-0.2, 0) is 17.4 Å². The molecule has 0 aromatic heterocycles. The van der Waals surface area contributed by atoms with Gasteiger partial charge < -0.3 is 9.67 Å².